The lowest BCUT2D eigenvalue weighted by molar-refractivity contribution is -0.333. The van der Waals surface area contributed by atoms with E-state index < -0.39 is 35.9 Å². The van der Waals surface area contributed by atoms with E-state index in [9.17, 15) is 14.4 Å². The van der Waals surface area contributed by atoms with Crippen molar-refractivity contribution in [2.75, 3.05) is 13.7 Å². The number of esters is 3. The number of ether oxygens (including phenoxy) is 5. The molecule has 0 aromatic heterocycles. The third kappa shape index (κ3) is 6.27. The van der Waals surface area contributed by atoms with E-state index in [-0.39, 0.29) is 24.5 Å². The van der Waals surface area contributed by atoms with Crippen molar-refractivity contribution in [1.29, 1.82) is 0 Å². The van der Waals surface area contributed by atoms with E-state index >= 15 is 0 Å². The van der Waals surface area contributed by atoms with Crippen LogP contribution in [0.15, 0.2) is 35.5 Å². The molecular weight excluding hydrogens is 404 g/mol. The van der Waals surface area contributed by atoms with Crippen molar-refractivity contribution in [3.05, 3.63) is 35.5 Å². The number of hydrogen-bond donors (Lipinski definition) is 0. The van der Waals surface area contributed by atoms with Crippen molar-refractivity contribution in [3.8, 4) is 0 Å². The Kier molecular flexibility index (Phi) is 8.20. The number of hydrogen-bond acceptors (Lipinski definition) is 8. The van der Waals surface area contributed by atoms with Crippen molar-refractivity contribution in [1.82, 2.24) is 0 Å². The fourth-order valence-electron chi connectivity index (χ4n) is 3.98. The number of carbonyl (C=O) groups is 3. The molecule has 0 saturated carbocycles. The largest absolute Gasteiger partial charge is 0.466 e. The molecular formula is C23H32O8. The van der Waals surface area contributed by atoms with Crippen LogP contribution >= 0.6 is 0 Å². The van der Waals surface area contributed by atoms with Gasteiger partial charge in [0, 0.05) is 37.3 Å². The minimum atomic E-state index is -1.12. The van der Waals surface area contributed by atoms with Gasteiger partial charge in [0.15, 0.2) is 5.79 Å². The summed E-state index contributed by atoms with van der Waals surface area (Å²) >= 11 is 0. The highest BCUT2D eigenvalue weighted by atomic mass is 16.7. The van der Waals surface area contributed by atoms with Crippen LogP contribution in [0, 0.1) is 11.8 Å². The predicted molar refractivity (Wildman–Crippen MR) is 112 cm³/mol. The van der Waals surface area contributed by atoms with Gasteiger partial charge in [-0.3, -0.25) is 9.59 Å². The van der Waals surface area contributed by atoms with Gasteiger partial charge in [-0.05, 0) is 19.9 Å². The summed E-state index contributed by atoms with van der Waals surface area (Å²) in [5.74, 6) is -2.55. The molecule has 6 unspecified atom stereocenters. The van der Waals surface area contributed by atoms with E-state index in [0.717, 1.165) is 5.57 Å². The third-order valence-electron chi connectivity index (χ3n) is 5.49. The van der Waals surface area contributed by atoms with Gasteiger partial charge in [-0.15, -0.1) is 0 Å². The average molecular weight is 437 g/mol. The topological polar surface area (TPSA) is 97.4 Å². The fraction of sp³-hybridized carbons (Fsp3) is 0.609. The van der Waals surface area contributed by atoms with E-state index in [0.29, 0.717) is 5.57 Å². The Morgan fingerprint density at radius 3 is 2.42 bits per heavy atom. The molecule has 0 amide bonds. The minimum Gasteiger partial charge on any atom is -0.466 e. The van der Waals surface area contributed by atoms with Gasteiger partial charge in [0.1, 0.15) is 18.8 Å². The molecule has 0 aliphatic carbocycles. The van der Waals surface area contributed by atoms with Crippen LogP contribution in [0.5, 0.6) is 0 Å². The van der Waals surface area contributed by atoms with Crippen LogP contribution in [0.3, 0.4) is 0 Å². The van der Waals surface area contributed by atoms with E-state index in [1.165, 1.54) is 27.0 Å². The smallest absolute Gasteiger partial charge is 0.330 e. The molecule has 2 rings (SSSR count). The van der Waals surface area contributed by atoms with Gasteiger partial charge in [0.05, 0.1) is 13.2 Å². The number of fused-ring (bicyclic) bond motifs is 2. The van der Waals surface area contributed by atoms with Gasteiger partial charge in [-0.25, -0.2) is 4.79 Å². The van der Waals surface area contributed by atoms with Crippen LogP contribution in [0.2, 0.25) is 0 Å². The molecule has 0 N–H and O–H groups in total. The third-order valence-corrected chi connectivity index (χ3v) is 5.49. The van der Waals surface area contributed by atoms with E-state index in [1.807, 2.05) is 26.8 Å². The number of carbonyl (C=O) groups excluding carboxylic acids is 3. The lowest BCUT2D eigenvalue weighted by atomic mass is 9.81. The number of methoxy groups -OCH3 is 1. The number of rotatable bonds is 7. The summed E-state index contributed by atoms with van der Waals surface area (Å²) in [6, 6.07) is 0. The zero-order valence-electron chi connectivity index (χ0n) is 19.2. The molecule has 0 spiro atoms. The zero-order chi connectivity index (χ0) is 23.3. The Morgan fingerprint density at radius 1 is 1.16 bits per heavy atom. The molecule has 8 heteroatoms. The van der Waals surface area contributed by atoms with E-state index in [2.05, 4.69) is 4.74 Å². The van der Waals surface area contributed by atoms with Gasteiger partial charge < -0.3 is 23.7 Å². The predicted octanol–water partition coefficient (Wildman–Crippen LogP) is 2.87. The van der Waals surface area contributed by atoms with Crippen molar-refractivity contribution in [3.63, 3.8) is 0 Å². The highest BCUT2D eigenvalue weighted by Crippen LogP contribution is 2.44. The second-order valence-electron chi connectivity index (χ2n) is 8.14. The molecule has 0 aromatic rings. The first-order chi connectivity index (χ1) is 14.5. The molecule has 8 nitrogen and oxygen atoms in total. The van der Waals surface area contributed by atoms with Gasteiger partial charge in [0.25, 0.3) is 0 Å². The molecule has 31 heavy (non-hydrogen) atoms. The first kappa shape index (κ1) is 24.8. The lowest BCUT2D eigenvalue weighted by Gasteiger charge is -2.52. The Bertz CT molecular complexity index is 795. The summed E-state index contributed by atoms with van der Waals surface area (Å²) in [4.78, 5) is 34.3. The normalized spacial score (nSPS) is 31.6. The molecule has 2 aliphatic rings. The van der Waals surface area contributed by atoms with Crippen LogP contribution in [-0.2, 0) is 38.1 Å². The van der Waals surface area contributed by atoms with Crippen molar-refractivity contribution in [2.24, 2.45) is 11.8 Å². The molecule has 2 aliphatic heterocycles. The van der Waals surface area contributed by atoms with Gasteiger partial charge in [-0.1, -0.05) is 31.6 Å². The van der Waals surface area contributed by atoms with Crippen LogP contribution in [0.25, 0.3) is 0 Å². The Labute approximate surface area is 183 Å². The summed E-state index contributed by atoms with van der Waals surface area (Å²) in [6.07, 6.45) is 5.49. The maximum atomic E-state index is 11.7. The molecule has 1 fully saturated rings. The van der Waals surface area contributed by atoms with Gasteiger partial charge >= 0.3 is 17.9 Å². The van der Waals surface area contributed by atoms with Crippen LogP contribution in [0.4, 0.5) is 0 Å². The van der Waals surface area contributed by atoms with E-state index in [4.69, 9.17) is 18.9 Å². The molecule has 1 saturated heterocycles. The summed E-state index contributed by atoms with van der Waals surface area (Å²) in [6.45, 7) is 10.3. The van der Waals surface area contributed by atoms with Crippen molar-refractivity contribution < 1.29 is 38.1 Å². The molecule has 6 atom stereocenters. The van der Waals surface area contributed by atoms with Crippen molar-refractivity contribution in [2.45, 2.75) is 65.6 Å². The average Bonchev–Trinajstić information content (AvgIpc) is 2.68. The molecule has 2 bridgehead atoms. The minimum absolute atomic E-state index is 0.0253. The summed E-state index contributed by atoms with van der Waals surface area (Å²) < 4.78 is 27.9. The second-order valence-corrected chi connectivity index (χ2v) is 8.14. The highest BCUT2D eigenvalue weighted by Gasteiger charge is 2.53. The Balaban J connectivity index is 2.32. The molecule has 172 valence electrons. The lowest BCUT2D eigenvalue weighted by Crippen LogP contribution is -2.61. The SMILES string of the molecule is COC(=O)/C=C/C(C)=C/C(C)C1OC2(C)OC(C(OC(C)=O)C=C2COC(C)=O)C1C. The summed E-state index contributed by atoms with van der Waals surface area (Å²) in [7, 11) is 1.33. The monoisotopic (exact) mass is 436 g/mol. The first-order valence-electron chi connectivity index (χ1n) is 10.3. The van der Waals surface area contributed by atoms with Crippen LogP contribution in [-0.4, -0.2) is 55.7 Å². The Hall–Kier alpha value is -2.45. The highest BCUT2D eigenvalue weighted by molar-refractivity contribution is 5.82. The van der Waals surface area contributed by atoms with Crippen LogP contribution < -0.4 is 0 Å². The molecule has 0 radical (unpaired) electrons. The number of allylic oxidation sites excluding steroid dienone is 2. The maximum Gasteiger partial charge on any atom is 0.330 e. The molecule has 2 heterocycles. The quantitative estimate of drug-likeness (QED) is 0.198. The van der Waals surface area contributed by atoms with Crippen molar-refractivity contribution >= 4 is 17.9 Å². The van der Waals surface area contributed by atoms with Crippen LogP contribution in [0.1, 0.15) is 41.5 Å². The summed E-state index contributed by atoms with van der Waals surface area (Å²) in [5.41, 5.74) is 1.46. The van der Waals surface area contributed by atoms with Gasteiger partial charge in [-0.2, -0.15) is 0 Å². The zero-order valence-corrected chi connectivity index (χ0v) is 19.2. The van der Waals surface area contributed by atoms with Gasteiger partial charge in [0.2, 0.25) is 0 Å². The standard InChI is InChI=1S/C23H32O8/c1-13(8-9-20(26)27-7)10-14(2)21-15(3)22-19(29-17(5)25)11-18(12-28-16(4)24)23(6,30-21)31-22/h8-11,14-15,19,21-22H,12H2,1-7H3/b9-8+,13-10+. The van der Waals surface area contributed by atoms with E-state index in [1.54, 1.807) is 19.1 Å². The first-order valence-corrected chi connectivity index (χ1v) is 10.3. The second kappa shape index (κ2) is 10.2. The Morgan fingerprint density at radius 2 is 1.84 bits per heavy atom. The maximum absolute atomic E-state index is 11.7. The fourth-order valence-corrected chi connectivity index (χ4v) is 3.98. The summed E-state index contributed by atoms with van der Waals surface area (Å²) in [5, 5.41) is 0. The molecule has 0 aromatic carbocycles.